The number of hydrogen-bond donors (Lipinski definition) is 1. The smallest absolute Gasteiger partial charge is 0.244 e. The Morgan fingerprint density at radius 1 is 1.23 bits per heavy atom. The second-order valence-electron chi connectivity index (χ2n) is 7.50. The molecule has 1 aliphatic heterocycles. The molecule has 5 nitrogen and oxygen atoms in total. The Kier molecular flexibility index (Phi) is 6.32. The normalized spacial score (nSPS) is 15.9. The molecular formula is C26H26N2O3. The van der Waals surface area contributed by atoms with Gasteiger partial charge in [0, 0.05) is 29.8 Å². The fourth-order valence-corrected chi connectivity index (χ4v) is 3.74. The molecule has 2 aromatic carbocycles. The molecule has 0 radical (unpaired) electrons. The van der Waals surface area contributed by atoms with Crippen LogP contribution in [0.2, 0.25) is 0 Å². The maximum atomic E-state index is 12.8. The molecule has 1 aliphatic rings. The second-order valence-corrected chi connectivity index (χ2v) is 7.50. The first-order valence-corrected chi connectivity index (χ1v) is 10.5. The van der Waals surface area contributed by atoms with Crippen LogP contribution in [-0.4, -0.2) is 23.6 Å². The van der Waals surface area contributed by atoms with Crippen molar-refractivity contribution in [3.8, 4) is 11.5 Å². The summed E-state index contributed by atoms with van der Waals surface area (Å²) >= 11 is 0. The number of rotatable bonds is 7. The number of carbonyl (C=O) groups is 1. The number of nitrogens with zero attached hydrogens (tertiary/aromatic N) is 1. The summed E-state index contributed by atoms with van der Waals surface area (Å²) in [5.74, 6) is 1.40. The lowest BCUT2D eigenvalue weighted by atomic mass is 10.0. The molecular weight excluding hydrogens is 388 g/mol. The lowest BCUT2D eigenvalue weighted by Gasteiger charge is -2.18. The summed E-state index contributed by atoms with van der Waals surface area (Å²) in [7, 11) is 0. The number of pyridine rings is 1. The zero-order valence-corrected chi connectivity index (χ0v) is 17.7. The number of nitrogens with one attached hydrogen (secondary N) is 1. The molecule has 2 unspecified atom stereocenters. The van der Waals surface area contributed by atoms with E-state index in [9.17, 15) is 4.79 Å². The van der Waals surface area contributed by atoms with E-state index in [2.05, 4.69) is 10.3 Å². The highest BCUT2D eigenvalue weighted by molar-refractivity contribution is 5.92. The third kappa shape index (κ3) is 4.94. The van der Waals surface area contributed by atoms with Gasteiger partial charge in [0.1, 0.15) is 17.6 Å². The minimum atomic E-state index is -0.338. The Morgan fingerprint density at radius 2 is 2.03 bits per heavy atom. The number of aromatic nitrogens is 1. The van der Waals surface area contributed by atoms with Crippen LogP contribution in [-0.2, 0) is 11.2 Å². The van der Waals surface area contributed by atoms with Crippen molar-refractivity contribution in [3.63, 3.8) is 0 Å². The van der Waals surface area contributed by atoms with Crippen LogP contribution in [0.25, 0.3) is 6.08 Å². The average molecular weight is 415 g/mol. The minimum absolute atomic E-state index is 0.150. The van der Waals surface area contributed by atoms with Crippen molar-refractivity contribution in [2.24, 2.45) is 0 Å². The molecule has 0 saturated carbocycles. The van der Waals surface area contributed by atoms with Crippen LogP contribution in [0, 0.1) is 0 Å². The minimum Gasteiger partial charge on any atom is -0.493 e. The van der Waals surface area contributed by atoms with Crippen molar-refractivity contribution < 1.29 is 14.3 Å². The lowest BCUT2D eigenvalue weighted by molar-refractivity contribution is -0.116. The molecule has 0 bridgehead atoms. The van der Waals surface area contributed by atoms with Gasteiger partial charge in [-0.05, 0) is 49.8 Å². The van der Waals surface area contributed by atoms with Crippen LogP contribution in [0.5, 0.6) is 11.5 Å². The van der Waals surface area contributed by atoms with Gasteiger partial charge in [-0.15, -0.1) is 0 Å². The first kappa shape index (κ1) is 20.7. The van der Waals surface area contributed by atoms with Gasteiger partial charge in [0.25, 0.3) is 0 Å². The molecule has 158 valence electrons. The summed E-state index contributed by atoms with van der Waals surface area (Å²) in [5, 5.41) is 3.07. The Balaban J connectivity index is 1.56. The van der Waals surface area contributed by atoms with Crippen LogP contribution in [0.4, 0.5) is 0 Å². The Bertz CT molecular complexity index is 1030. The van der Waals surface area contributed by atoms with Gasteiger partial charge in [0.05, 0.1) is 18.3 Å². The molecule has 0 fully saturated rings. The molecule has 5 heteroatoms. The van der Waals surface area contributed by atoms with Crippen LogP contribution < -0.4 is 14.8 Å². The van der Waals surface area contributed by atoms with Gasteiger partial charge in [-0.1, -0.05) is 36.4 Å². The van der Waals surface area contributed by atoms with E-state index in [1.165, 1.54) is 6.08 Å². The summed E-state index contributed by atoms with van der Waals surface area (Å²) < 4.78 is 11.7. The Morgan fingerprint density at radius 3 is 2.77 bits per heavy atom. The number of carbonyl (C=O) groups excluding carboxylic acids is 1. The van der Waals surface area contributed by atoms with Crippen LogP contribution in [0.15, 0.2) is 72.9 Å². The third-order valence-electron chi connectivity index (χ3n) is 5.15. The highest BCUT2D eigenvalue weighted by Crippen LogP contribution is 2.35. The average Bonchev–Trinajstić information content (AvgIpc) is 3.16. The van der Waals surface area contributed by atoms with Crippen molar-refractivity contribution >= 4 is 12.0 Å². The second kappa shape index (κ2) is 9.47. The van der Waals surface area contributed by atoms with Crippen molar-refractivity contribution in [2.45, 2.75) is 32.4 Å². The molecule has 0 aliphatic carbocycles. The fourth-order valence-electron chi connectivity index (χ4n) is 3.74. The van der Waals surface area contributed by atoms with Crippen LogP contribution in [0.1, 0.15) is 42.3 Å². The largest absolute Gasteiger partial charge is 0.493 e. The van der Waals surface area contributed by atoms with Gasteiger partial charge in [-0.2, -0.15) is 0 Å². The van der Waals surface area contributed by atoms with Gasteiger partial charge in [-0.3, -0.25) is 9.78 Å². The van der Waals surface area contributed by atoms with Crippen LogP contribution in [0.3, 0.4) is 0 Å². The highest BCUT2D eigenvalue weighted by atomic mass is 16.5. The van der Waals surface area contributed by atoms with E-state index in [4.69, 9.17) is 9.47 Å². The van der Waals surface area contributed by atoms with E-state index >= 15 is 0 Å². The van der Waals surface area contributed by atoms with E-state index in [0.717, 1.165) is 40.3 Å². The van der Waals surface area contributed by atoms with Crippen LogP contribution >= 0.6 is 0 Å². The Hall–Kier alpha value is -3.60. The number of benzene rings is 2. The van der Waals surface area contributed by atoms with Gasteiger partial charge in [0.15, 0.2) is 0 Å². The van der Waals surface area contributed by atoms with Gasteiger partial charge < -0.3 is 14.8 Å². The topological polar surface area (TPSA) is 60.5 Å². The van der Waals surface area contributed by atoms with Gasteiger partial charge >= 0.3 is 0 Å². The summed E-state index contributed by atoms with van der Waals surface area (Å²) in [4.78, 5) is 17.3. The maximum Gasteiger partial charge on any atom is 0.244 e. The predicted octanol–water partition coefficient (Wildman–Crippen LogP) is 4.72. The summed E-state index contributed by atoms with van der Waals surface area (Å²) in [6.07, 6.45) is 6.04. The summed E-state index contributed by atoms with van der Waals surface area (Å²) in [6.45, 7) is 4.55. The SMILES string of the molecule is CCOc1cc2c(cc1/C=C/C(=O)NC(c1ccccc1)c1ccccn1)OC(C)C2. The van der Waals surface area contributed by atoms with E-state index in [0.29, 0.717) is 6.61 Å². The molecule has 1 amide bonds. The monoisotopic (exact) mass is 414 g/mol. The predicted molar refractivity (Wildman–Crippen MR) is 121 cm³/mol. The van der Waals surface area contributed by atoms with Crippen molar-refractivity contribution in [3.05, 3.63) is 95.3 Å². The number of ether oxygens (including phenoxy) is 2. The third-order valence-corrected chi connectivity index (χ3v) is 5.15. The summed E-state index contributed by atoms with van der Waals surface area (Å²) in [6, 6.07) is 19.1. The van der Waals surface area contributed by atoms with Crippen molar-refractivity contribution in [1.82, 2.24) is 10.3 Å². The van der Waals surface area contributed by atoms with E-state index in [1.54, 1.807) is 12.3 Å². The van der Waals surface area contributed by atoms with Crippen molar-refractivity contribution in [2.75, 3.05) is 6.61 Å². The molecule has 2 heterocycles. The number of fused-ring (bicyclic) bond motifs is 1. The molecule has 1 aromatic heterocycles. The highest BCUT2D eigenvalue weighted by Gasteiger charge is 2.21. The molecule has 0 spiro atoms. The number of hydrogen-bond acceptors (Lipinski definition) is 4. The van der Waals surface area contributed by atoms with Gasteiger partial charge in [-0.25, -0.2) is 0 Å². The van der Waals surface area contributed by atoms with Gasteiger partial charge in [0.2, 0.25) is 5.91 Å². The molecule has 31 heavy (non-hydrogen) atoms. The zero-order chi connectivity index (χ0) is 21.6. The first-order valence-electron chi connectivity index (χ1n) is 10.5. The molecule has 3 aromatic rings. The first-order chi connectivity index (χ1) is 15.1. The fraction of sp³-hybridized carbons (Fsp3) is 0.231. The molecule has 4 rings (SSSR count). The van der Waals surface area contributed by atoms with E-state index < -0.39 is 0 Å². The summed E-state index contributed by atoms with van der Waals surface area (Å²) in [5.41, 5.74) is 3.71. The molecule has 1 N–H and O–H groups in total. The maximum absolute atomic E-state index is 12.8. The number of amides is 1. The zero-order valence-electron chi connectivity index (χ0n) is 17.7. The standard InChI is InChI=1S/C26H26N2O3/c1-3-30-23-17-21-15-18(2)31-24(21)16-20(23)12-13-25(29)28-26(19-9-5-4-6-10-19)22-11-7-8-14-27-22/h4-14,16-18,26H,3,15H2,1-2H3,(H,28,29)/b13-12+. The Labute approximate surface area is 182 Å². The lowest BCUT2D eigenvalue weighted by Crippen LogP contribution is -2.28. The molecule has 2 atom stereocenters. The van der Waals surface area contributed by atoms with E-state index in [1.807, 2.05) is 74.5 Å². The quantitative estimate of drug-likeness (QED) is 0.568. The van der Waals surface area contributed by atoms with E-state index in [-0.39, 0.29) is 18.1 Å². The molecule has 0 saturated heterocycles. The van der Waals surface area contributed by atoms with Crippen molar-refractivity contribution in [1.29, 1.82) is 0 Å².